The van der Waals surface area contributed by atoms with Gasteiger partial charge < -0.3 is 19.5 Å². The number of aromatic nitrogens is 1. The van der Waals surface area contributed by atoms with E-state index in [0.29, 0.717) is 39.8 Å². The second-order valence-electron chi connectivity index (χ2n) is 8.78. The van der Waals surface area contributed by atoms with E-state index < -0.39 is 30.6 Å². The van der Waals surface area contributed by atoms with Crippen molar-refractivity contribution in [3.8, 4) is 0 Å². The average molecular weight is 555 g/mol. The molecule has 1 N–H and O–H groups in total. The van der Waals surface area contributed by atoms with Crippen molar-refractivity contribution in [3.05, 3.63) is 28.0 Å². The zero-order valence-electron chi connectivity index (χ0n) is 17.6. The number of hydrogen-bond donors (Lipinski definition) is 1. The summed E-state index contributed by atoms with van der Waals surface area (Å²) in [5.41, 5.74) is 0.501. The van der Waals surface area contributed by atoms with E-state index in [2.05, 4.69) is 5.32 Å². The Hall–Kier alpha value is -1.72. The van der Waals surface area contributed by atoms with E-state index in [1.807, 2.05) is 22.6 Å². The summed E-state index contributed by atoms with van der Waals surface area (Å²) in [5, 5.41) is 3.87. The number of nitrogens with zero attached hydrogens (tertiary/aromatic N) is 2. The van der Waals surface area contributed by atoms with Gasteiger partial charge in [0.1, 0.15) is 18.3 Å². The summed E-state index contributed by atoms with van der Waals surface area (Å²) in [6, 6.07) is 6.80. The van der Waals surface area contributed by atoms with Crippen LogP contribution in [0.1, 0.15) is 27.2 Å². The lowest BCUT2D eigenvalue weighted by atomic mass is 9.95. The Bertz CT molecular complexity index is 939. The molecule has 0 spiro atoms. The van der Waals surface area contributed by atoms with Gasteiger partial charge in [0.2, 0.25) is 0 Å². The molecule has 1 aromatic carbocycles. The third-order valence-electron chi connectivity index (χ3n) is 5.12. The third-order valence-corrected chi connectivity index (χ3v) is 6.01. The lowest BCUT2D eigenvalue weighted by Crippen LogP contribution is -2.48. The number of likely N-dealkylation sites (tertiary alicyclic amines) is 1. The minimum absolute atomic E-state index is 0.0364. The molecule has 1 aliphatic heterocycles. The number of rotatable bonds is 4. The molecule has 1 fully saturated rings. The van der Waals surface area contributed by atoms with Crippen molar-refractivity contribution < 1.29 is 27.1 Å². The smallest absolute Gasteiger partial charge is 0.410 e. The van der Waals surface area contributed by atoms with Crippen LogP contribution in [0.5, 0.6) is 0 Å². The highest BCUT2D eigenvalue weighted by atomic mass is 127. The first-order chi connectivity index (χ1) is 14.3. The zero-order chi connectivity index (χ0) is 23.0. The Morgan fingerprint density at radius 3 is 2.61 bits per heavy atom. The zero-order valence-corrected chi connectivity index (χ0v) is 19.8. The molecule has 1 unspecified atom stereocenters. The molecule has 1 aromatic heterocycles. The molecule has 2 heterocycles. The second-order valence-corrected chi connectivity index (χ2v) is 9.88. The number of amides is 1. The van der Waals surface area contributed by atoms with Crippen LogP contribution >= 0.6 is 22.6 Å². The molecular weight excluding hydrogens is 529 g/mol. The maximum absolute atomic E-state index is 14.7. The summed E-state index contributed by atoms with van der Waals surface area (Å²) >= 11 is 1.89. The molecule has 1 saturated heterocycles. The van der Waals surface area contributed by atoms with Crippen molar-refractivity contribution in [3.63, 3.8) is 0 Å². The molecule has 0 saturated carbocycles. The number of fused-ring (bicyclic) bond motifs is 1. The molecule has 0 radical (unpaired) electrons. The lowest BCUT2D eigenvalue weighted by Gasteiger charge is -2.35. The van der Waals surface area contributed by atoms with Crippen LogP contribution in [0.2, 0.25) is 0 Å². The van der Waals surface area contributed by atoms with E-state index in [0.717, 1.165) is 0 Å². The van der Waals surface area contributed by atoms with Crippen LogP contribution in [-0.4, -0.2) is 53.1 Å². The molecule has 1 aliphatic rings. The van der Waals surface area contributed by atoms with E-state index >= 15 is 0 Å². The highest BCUT2D eigenvalue weighted by Crippen LogP contribution is 2.31. The number of piperidine rings is 1. The van der Waals surface area contributed by atoms with Gasteiger partial charge in [-0.3, -0.25) is 0 Å². The molecule has 5 nitrogen and oxygen atoms in total. The van der Waals surface area contributed by atoms with E-state index in [-0.39, 0.29) is 12.5 Å². The number of benzene rings is 1. The number of anilines is 1. The van der Waals surface area contributed by atoms with Gasteiger partial charge in [-0.2, -0.15) is 13.2 Å². The van der Waals surface area contributed by atoms with E-state index in [1.165, 1.54) is 9.47 Å². The summed E-state index contributed by atoms with van der Waals surface area (Å²) in [4.78, 5) is 13.5. The first kappa shape index (κ1) is 23.9. The van der Waals surface area contributed by atoms with E-state index in [4.69, 9.17) is 4.74 Å². The van der Waals surface area contributed by atoms with Gasteiger partial charge in [-0.05, 0) is 68.0 Å². The van der Waals surface area contributed by atoms with Gasteiger partial charge in [-0.25, -0.2) is 9.18 Å². The number of alkyl halides is 4. The van der Waals surface area contributed by atoms with E-state index in [9.17, 15) is 22.4 Å². The first-order valence-corrected chi connectivity index (χ1v) is 11.1. The quantitative estimate of drug-likeness (QED) is 0.383. The highest BCUT2D eigenvalue weighted by Gasteiger charge is 2.34. The van der Waals surface area contributed by atoms with Crippen molar-refractivity contribution in [2.45, 2.75) is 51.7 Å². The summed E-state index contributed by atoms with van der Waals surface area (Å²) in [6.07, 6.45) is -5.59. The summed E-state index contributed by atoms with van der Waals surface area (Å²) in [5.74, 6) is -0.315. The summed E-state index contributed by atoms with van der Waals surface area (Å²) in [7, 11) is 0. The molecular formula is C21H26F4IN3O2. The third kappa shape index (κ3) is 6.17. The monoisotopic (exact) mass is 555 g/mol. The lowest BCUT2D eigenvalue weighted by molar-refractivity contribution is -0.140. The number of ether oxygens (including phenoxy) is 1. The fraction of sp³-hybridized carbons (Fsp3) is 0.571. The Morgan fingerprint density at radius 2 is 2.00 bits per heavy atom. The summed E-state index contributed by atoms with van der Waals surface area (Å²) < 4.78 is 60.5. The summed E-state index contributed by atoms with van der Waals surface area (Å²) in [6.45, 7) is 4.91. The van der Waals surface area contributed by atoms with Crippen LogP contribution in [0.3, 0.4) is 0 Å². The van der Waals surface area contributed by atoms with Crippen LogP contribution in [-0.2, 0) is 11.3 Å². The normalized spacial score (nSPS) is 20.2. The van der Waals surface area contributed by atoms with Gasteiger partial charge in [-0.1, -0.05) is 6.07 Å². The molecule has 3 rings (SSSR count). The number of halogens is 5. The number of hydrogen-bond acceptors (Lipinski definition) is 3. The number of nitrogens with one attached hydrogen (secondary N) is 1. The number of carbonyl (C=O) groups is 1. The Balaban J connectivity index is 1.66. The molecule has 10 heteroatoms. The molecule has 172 valence electrons. The van der Waals surface area contributed by atoms with Crippen molar-refractivity contribution in [2.24, 2.45) is 5.92 Å². The maximum Gasteiger partial charge on any atom is 0.410 e. The van der Waals surface area contributed by atoms with Crippen LogP contribution in [0.15, 0.2) is 24.3 Å². The number of carbonyl (C=O) groups excluding carboxylic acids is 1. The largest absolute Gasteiger partial charge is 0.444 e. The first-order valence-electron chi connectivity index (χ1n) is 10.0. The Morgan fingerprint density at radius 1 is 1.29 bits per heavy atom. The van der Waals surface area contributed by atoms with Crippen molar-refractivity contribution in [2.75, 3.05) is 25.0 Å². The minimum atomic E-state index is -4.32. The Kier molecular flexibility index (Phi) is 6.97. The van der Waals surface area contributed by atoms with Crippen molar-refractivity contribution in [1.29, 1.82) is 0 Å². The Labute approximate surface area is 192 Å². The maximum atomic E-state index is 14.7. The van der Waals surface area contributed by atoms with Gasteiger partial charge in [-0.15, -0.1) is 0 Å². The molecule has 0 aliphatic carbocycles. The van der Waals surface area contributed by atoms with E-state index in [1.54, 1.807) is 45.0 Å². The standard InChI is InChI=1S/C21H26F4IN3O2/c1-20(2,3)31-19(30)28-8-7-13(15(22)11-28)10-27-16-5-4-6-17-14(16)9-18(26)29(17)12-21(23,24)25/h4-6,9,13,15,27H,7-8,10-12H2,1-3H3/t13?,15-/m0/s1. The van der Waals surface area contributed by atoms with Gasteiger partial charge >= 0.3 is 12.3 Å². The minimum Gasteiger partial charge on any atom is -0.444 e. The van der Waals surface area contributed by atoms with Crippen LogP contribution in [0.25, 0.3) is 10.9 Å². The fourth-order valence-electron chi connectivity index (χ4n) is 3.66. The second kappa shape index (κ2) is 9.03. The molecule has 1 amide bonds. The van der Waals surface area contributed by atoms with Gasteiger partial charge in [0.05, 0.1) is 15.8 Å². The highest BCUT2D eigenvalue weighted by molar-refractivity contribution is 14.1. The van der Waals surface area contributed by atoms with Gasteiger partial charge in [0.15, 0.2) is 0 Å². The predicted octanol–water partition coefficient (Wildman–Crippen LogP) is 5.82. The van der Waals surface area contributed by atoms with Crippen LogP contribution in [0, 0.1) is 9.62 Å². The van der Waals surface area contributed by atoms with Gasteiger partial charge in [0, 0.05) is 30.1 Å². The SMILES string of the molecule is CC(C)(C)OC(=O)N1CCC(CNc2cccc3c2cc(I)n3CC(F)(F)F)[C@@H](F)C1. The van der Waals surface area contributed by atoms with Gasteiger partial charge in [0.25, 0.3) is 0 Å². The molecule has 2 aromatic rings. The van der Waals surface area contributed by atoms with Crippen LogP contribution in [0.4, 0.5) is 28.0 Å². The predicted molar refractivity (Wildman–Crippen MR) is 120 cm³/mol. The van der Waals surface area contributed by atoms with Crippen LogP contribution < -0.4 is 5.32 Å². The topological polar surface area (TPSA) is 46.5 Å². The molecule has 31 heavy (non-hydrogen) atoms. The van der Waals surface area contributed by atoms with Crippen molar-refractivity contribution in [1.82, 2.24) is 9.47 Å². The molecule has 2 atom stereocenters. The average Bonchev–Trinajstić information content (AvgIpc) is 2.94. The fourth-order valence-corrected chi connectivity index (χ4v) is 4.40. The molecule has 0 bridgehead atoms. The van der Waals surface area contributed by atoms with Crippen molar-refractivity contribution >= 4 is 45.3 Å².